The molecule has 2 N–H and O–H groups in total. The lowest BCUT2D eigenvalue weighted by molar-refractivity contribution is -0.907. The van der Waals surface area contributed by atoms with Gasteiger partial charge in [0, 0.05) is 0 Å². The molecule has 0 bridgehead atoms. The van der Waals surface area contributed by atoms with Crippen LogP contribution in [0.2, 0.25) is 10.0 Å². The van der Waals surface area contributed by atoms with Crippen LogP contribution < -0.4 is 22.6 Å². The molecule has 0 unspecified atom stereocenters. The van der Waals surface area contributed by atoms with Crippen LogP contribution in [0.5, 0.6) is 0 Å². The van der Waals surface area contributed by atoms with Crippen LogP contribution in [0.25, 0.3) is 11.1 Å². The van der Waals surface area contributed by atoms with E-state index in [1.165, 1.54) is 31.5 Å². The summed E-state index contributed by atoms with van der Waals surface area (Å²) in [5, 5.41) is 4.87. The minimum Gasteiger partial charge on any atom is -1.00 e. The quantitative estimate of drug-likeness (QED) is 0.551. The molecule has 1 aliphatic heterocycles. The molecule has 174 valence electrons. The van der Waals surface area contributed by atoms with E-state index >= 15 is 0 Å². The molecule has 0 radical (unpaired) electrons. The number of quaternary nitrogens is 1. The van der Waals surface area contributed by atoms with Crippen LogP contribution in [0.1, 0.15) is 39.2 Å². The molecule has 2 heterocycles. The van der Waals surface area contributed by atoms with Gasteiger partial charge in [0.05, 0.1) is 35.7 Å². The van der Waals surface area contributed by atoms with Gasteiger partial charge in [0.25, 0.3) is 6.01 Å². The van der Waals surface area contributed by atoms with Gasteiger partial charge in [0.1, 0.15) is 5.52 Å². The van der Waals surface area contributed by atoms with Crippen LogP contribution in [0.15, 0.2) is 46.9 Å². The van der Waals surface area contributed by atoms with E-state index in [2.05, 4.69) is 37.1 Å². The van der Waals surface area contributed by atoms with Crippen LogP contribution in [0, 0.1) is 11.3 Å². The van der Waals surface area contributed by atoms with Gasteiger partial charge in [0.2, 0.25) is 0 Å². The van der Waals surface area contributed by atoms with E-state index in [-0.39, 0.29) is 23.9 Å². The Hall–Kier alpha value is -1.46. The number of oxazole rings is 1. The zero-order valence-corrected chi connectivity index (χ0v) is 21.2. The number of hydrogen-bond donors (Lipinski definition) is 2. The van der Waals surface area contributed by atoms with E-state index < -0.39 is 0 Å². The van der Waals surface area contributed by atoms with Gasteiger partial charge in [-0.2, -0.15) is 4.98 Å². The van der Waals surface area contributed by atoms with E-state index in [0.717, 1.165) is 24.1 Å². The van der Waals surface area contributed by atoms with Crippen molar-refractivity contribution in [1.82, 2.24) is 4.98 Å². The van der Waals surface area contributed by atoms with Gasteiger partial charge in [-0.15, -0.1) is 0 Å². The third-order valence-corrected chi connectivity index (χ3v) is 7.19. The summed E-state index contributed by atoms with van der Waals surface area (Å²) in [5.74, 6) is 0.707. The minimum absolute atomic E-state index is 0. The monoisotopic (exact) mass is 495 g/mol. The molecule has 32 heavy (non-hydrogen) atoms. The lowest BCUT2D eigenvalue weighted by atomic mass is 9.85. The Labute approximate surface area is 207 Å². The summed E-state index contributed by atoms with van der Waals surface area (Å²) in [7, 11) is 0. The second-order valence-corrected chi connectivity index (χ2v) is 10.7. The number of hydrogen-bond acceptors (Lipinski definition) is 3. The summed E-state index contributed by atoms with van der Waals surface area (Å²) in [6.45, 7) is 10.3. The number of anilines is 1. The van der Waals surface area contributed by atoms with Gasteiger partial charge < -0.3 is 27.0 Å². The molecule has 1 aromatic heterocycles. The average Bonchev–Trinajstić information content (AvgIpc) is 3.13. The highest BCUT2D eigenvalue weighted by Gasteiger charge is 2.32. The van der Waals surface area contributed by atoms with E-state index in [9.17, 15) is 0 Å². The zero-order chi connectivity index (χ0) is 22.0. The largest absolute Gasteiger partial charge is 1.00 e. The maximum absolute atomic E-state index is 6.19. The van der Waals surface area contributed by atoms with Gasteiger partial charge in [-0.1, -0.05) is 62.2 Å². The zero-order valence-electron chi connectivity index (χ0n) is 18.9. The fourth-order valence-corrected chi connectivity index (χ4v) is 4.76. The molecule has 3 aromatic rings. The highest BCUT2D eigenvalue weighted by molar-refractivity contribution is 6.42. The predicted octanol–water partition coefficient (Wildman–Crippen LogP) is 2.50. The van der Waals surface area contributed by atoms with Crippen molar-refractivity contribution >= 4 is 40.3 Å². The van der Waals surface area contributed by atoms with Crippen molar-refractivity contribution in [3.63, 3.8) is 0 Å². The van der Waals surface area contributed by atoms with E-state index in [1.807, 2.05) is 36.4 Å². The molecule has 4 rings (SSSR count). The van der Waals surface area contributed by atoms with Gasteiger partial charge >= 0.3 is 0 Å². The third-order valence-electron chi connectivity index (χ3n) is 6.45. The summed E-state index contributed by atoms with van der Waals surface area (Å²) in [6, 6.07) is 14.8. The number of halogens is 3. The van der Waals surface area contributed by atoms with Crippen molar-refractivity contribution in [1.29, 1.82) is 0 Å². The van der Waals surface area contributed by atoms with Crippen LogP contribution >= 0.6 is 23.2 Å². The van der Waals surface area contributed by atoms with Crippen LogP contribution in [0.3, 0.4) is 0 Å². The van der Waals surface area contributed by atoms with Crippen molar-refractivity contribution < 1.29 is 21.7 Å². The Morgan fingerprint density at radius 1 is 1.09 bits per heavy atom. The van der Waals surface area contributed by atoms with E-state index in [0.29, 0.717) is 22.0 Å². The first-order valence-corrected chi connectivity index (χ1v) is 11.9. The number of benzene rings is 2. The number of fused-ring (bicyclic) bond motifs is 1. The molecular formula is C25H32Cl3N3O. The highest BCUT2D eigenvalue weighted by Crippen LogP contribution is 2.27. The second kappa shape index (κ2) is 10.6. The van der Waals surface area contributed by atoms with Crippen LogP contribution in [-0.2, 0) is 6.42 Å². The van der Waals surface area contributed by atoms with Crippen molar-refractivity contribution in [3.05, 3.63) is 58.1 Å². The van der Waals surface area contributed by atoms with Crippen LogP contribution in [0.4, 0.5) is 6.01 Å². The van der Waals surface area contributed by atoms with E-state index in [4.69, 9.17) is 27.6 Å². The van der Waals surface area contributed by atoms with Crippen molar-refractivity contribution in [2.75, 3.05) is 25.0 Å². The summed E-state index contributed by atoms with van der Waals surface area (Å²) in [5.41, 5.74) is 3.11. The molecule has 1 atom stereocenters. The standard InChI is InChI=1S/C25H31Cl2N3O.ClH/c1-25(2,3)23(29-24-28-21-6-4-5-7-22(21)31-24)16-30-12-10-17(11-13-30)14-18-8-9-19(26)20(27)15-18;/h4-9,15,17,23H,10-14,16H2,1-3H3,(H,28,29);1H/t23-;/m1./s1. The Kier molecular flexibility index (Phi) is 8.37. The Bertz CT molecular complexity index is 990. The lowest BCUT2D eigenvalue weighted by Gasteiger charge is -2.36. The van der Waals surface area contributed by atoms with Crippen LogP contribution in [-0.4, -0.2) is 30.7 Å². The fourth-order valence-electron chi connectivity index (χ4n) is 4.44. The number of rotatable bonds is 6. The van der Waals surface area contributed by atoms with Crippen molar-refractivity contribution in [2.24, 2.45) is 11.3 Å². The molecule has 1 aliphatic rings. The number of likely N-dealkylation sites (tertiary alicyclic amines) is 1. The topological polar surface area (TPSA) is 42.5 Å². The molecule has 0 amide bonds. The first kappa shape index (κ1) is 25.2. The van der Waals surface area contributed by atoms with Gasteiger partial charge in [-0.05, 0) is 60.4 Å². The number of aromatic nitrogens is 1. The SMILES string of the molecule is CC(C)(C)[C@@H](C[NH+]1CCC(Cc2ccc(Cl)c(Cl)c2)CC1)Nc1nc2ccccc2o1.[Cl-]. The molecule has 0 aliphatic carbocycles. The third kappa shape index (κ3) is 6.32. The molecule has 4 nitrogen and oxygen atoms in total. The Morgan fingerprint density at radius 2 is 1.81 bits per heavy atom. The lowest BCUT2D eigenvalue weighted by Crippen LogP contribution is -3.14. The number of para-hydroxylation sites is 2. The number of nitrogens with zero attached hydrogens (tertiary/aromatic N) is 1. The molecule has 2 aromatic carbocycles. The first-order valence-electron chi connectivity index (χ1n) is 11.2. The van der Waals surface area contributed by atoms with Gasteiger partial charge in [-0.25, -0.2) is 0 Å². The smallest absolute Gasteiger partial charge is 0.296 e. The molecule has 7 heteroatoms. The van der Waals surface area contributed by atoms with Gasteiger partial charge in [0.15, 0.2) is 5.58 Å². The van der Waals surface area contributed by atoms with E-state index in [1.54, 1.807) is 4.90 Å². The second-order valence-electron chi connectivity index (χ2n) is 9.90. The van der Waals surface area contributed by atoms with Gasteiger partial charge in [-0.3, -0.25) is 0 Å². The maximum Gasteiger partial charge on any atom is 0.296 e. The first-order chi connectivity index (χ1) is 14.8. The predicted molar refractivity (Wildman–Crippen MR) is 129 cm³/mol. The Balaban J connectivity index is 0.00000289. The summed E-state index contributed by atoms with van der Waals surface area (Å²) < 4.78 is 5.93. The number of piperidine rings is 1. The summed E-state index contributed by atoms with van der Waals surface area (Å²) in [6.07, 6.45) is 3.54. The molecular weight excluding hydrogens is 465 g/mol. The summed E-state index contributed by atoms with van der Waals surface area (Å²) >= 11 is 12.2. The molecule has 1 fully saturated rings. The van der Waals surface area contributed by atoms with Crippen molar-refractivity contribution in [3.8, 4) is 0 Å². The Morgan fingerprint density at radius 3 is 2.47 bits per heavy atom. The fraction of sp³-hybridized carbons (Fsp3) is 0.480. The molecule has 0 saturated carbocycles. The normalized spacial score (nSPS) is 20.0. The summed E-state index contributed by atoms with van der Waals surface area (Å²) in [4.78, 5) is 6.27. The number of nitrogens with one attached hydrogen (secondary N) is 2. The highest BCUT2D eigenvalue weighted by atomic mass is 35.5. The molecule has 1 saturated heterocycles. The minimum atomic E-state index is 0. The average molecular weight is 497 g/mol. The maximum atomic E-state index is 6.19. The molecule has 0 spiro atoms. The van der Waals surface area contributed by atoms with Crippen molar-refractivity contribution in [2.45, 2.75) is 46.1 Å².